The highest BCUT2D eigenvalue weighted by atomic mass is 35.5. The largest absolute Gasteiger partial charge is 0.726 e. The van der Waals surface area contributed by atoms with Crippen LogP contribution >= 0.6 is 23.2 Å². The summed E-state index contributed by atoms with van der Waals surface area (Å²) in [6, 6.07) is 18.2. The molecule has 4 aromatic rings. The van der Waals surface area contributed by atoms with Gasteiger partial charge in [0.2, 0.25) is 21.6 Å². The molecule has 0 bridgehead atoms. The third kappa shape index (κ3) is 5.14. The van der Waals surface area contributed by atoms with E-state index in [2.05, 4.69) is 4.18 Å². The van der Waals surface area contributed by atoms with Gasteiger partial charge in [0.1, 0.15) is 7.05 Å². The van der Waals surface area contributed by atoms with Crippen molar-refractivity contribution in [3.8, 4) is 11.3 Å². The van der Waals surface area contributed by atoms with Crippen molar-refractivity contribution in [1.29, 1.82) is 0 Å². The number of nitro groups is 1. The summed E-state index contributed by atoms with van der Waals surface area (Å²) >= 11 is 12.4. The molecule has 0 aliphatic rings. The molecule has 8 nitrogen and oxygen atoms in total. The lowest BCUT2D eigenvalue weighted by Crippen LogP contribution is -2.32. The van der Waals surface area contributed by atoms with Crippen LogP contribution in [0.15, 0.2) is 60.7 Å². The SMILES string of the molecule is COS(=O)(=O)[O-].C[n+]1c(-c2cc(Cl)cc(Cl)c2)c2cc([N+](=O)[O-])ccc2c2ccccc21. The third-order valence-corrected chi connectivity index (χ3v) is 5.54. The molecule has 166 valence electrons. The standard InChI is InChI=1S/C20H13Cl2N2O2.CH4O4S/c1-23-19-5-3-2-4-17(19)16-7-6-15(24(25)26)11-18(16)20(23)12-8-13(21)10-14(22)9-12;1-5-6(2,3)4/h2-11H,1H3;1H3,(H,2,3,4)/q+1;/p-1. The molecule has 3 aromatic carbocycles. The van der Waals surface area contributed by atoms with Gasteiger partial charge in [-0.15, -0.1) is 0 Å². The van der Waals surface area contributed by atoms with E-state index in [4.69, 9.17) is 23.2 Å². The number of benzene rings is 3. The average Bonchev–Trinajstić information content (AvgIpc) is 2.73. The molecule has 0 saturated carbocycles. The summed E-state index contributed by atoms with van der Waals surface area (Å²) in [7, 11) is -1.67. The zero-order chi connectivity index (χ0) is 23.6. The van der Waals surface area contributed by atoms with E-state index in [-0.39, 0.29) is 10.6 Å². The van der Waals surface area contributed by atoms with Crippen LogP contribution < -0.4 is 4.57 Å². The molecule has 0 spiro atoms. The molecule has 0 aliphatic heterocycles. The first-order chi connectivity index (χ1) is 15.0. The lowest BCUT2D eigenvalue weighted by Gasteiger charge is -2.10. The van der Waals surface area contributed by atoms with Crippen LogP contribution in [0.2, 0.25) is 10.0 Å². The highest BCUT2D eigenvalue weighted by Crippen LogP contribution is 2.35. The van der Waals surface area contributed by atoms with Crippen molar-refractivity contribution < 1.29 is 26.6 Å². The quantitative estimate of drug-likeness (QED) is 0.101. The molecule has 0 aliphatic carbocycles. The highest BCUT2D eigenvalue weighted by molar-refractivity contribution is 7.80. The Balaban J connectivity index is 0.000000427. The number of nitrogens with zero attached hydrogens (tertiary/aromatic N) is 2. The van der Waals surface area contributed by atoms with E-state index in [1.54, 1.807) is 18.2 Å². The lowest BCUT2D eigenvalue weighted by molar-refractivity contribution is -0.632. The molecule has 0 radical (unpaired) electrons. The van der Waals surface area contributed by atoms with Gasteiger partial charge in [0.05, 0.1) is 22.8 Å². The molecule has 4 rings (SSSR count). The van der Waals surface area contributed by atoms with Crippen molar-refractivity contribution in [3.05, 3.63) is 80.8 Å². The lowest BCUT2D eigenvalue weighted by atomic mass is 9.98. The number of pyridine rings is 1. The summed E-state index contributed by atoms with van der Waals surface area (Å²) in [6.45, 7) is 0. The van der Waals surface area contributed by atoms with Crippen LogP contribution in [0.5, 0.6) is 0 Å². The number of para-hydroxylation sites is 1. The van der Waals surface area contributed by atoms with Crippen LogP contribution in [0.4, 0.5) is 5.69 Å². The van der Waals surface area contributed by atoms with E-state index < -0.39 is 10.4 Å². The summed E-state index contributed by atoms with van der Waals surface area (Å²) in [5.74, 6) is 0. The Labute approximate surface area is 193 Å². The first kappa shape index (κ1) is 23.8. The van der Waals surface area contributed by atoms with Gasteiger partial charge in [-0.2, -0.15) is 4.57 Å². The van der Waals surface area contributed by atoms with Gasteiger partial charge in [0.15, 0.2) is 0 Å². The monoisotopic (exact) mass is 494 g/mol. The summed E-state index contributed by atoms with van der Waals surface area (Å²) in [5.41, 5.74) is 2.69. The van der Waals surface area contributed by atoms with Crippen LogP contribution in [-0.2, 0) is 21.6 Å². The van der Waals surface area contributed by atoms with Crippen LogP contribution in [0.25, 0.3) is 32.9 Å². The summed E-state index contributed by atoms with van der Waals surface area (Å²) in [6.07, 6.45) is 0. The molecule has 0 N–H and O–H groups in total. The van der Waals surface area contributed by atoms with Gasteiger partial charge < -0.3 is 4.55 Å². The van der Waals surface area contributed by atoms with Gasteiger partial charge >= 0.3 is 0 Å². The number of fused-ring (bicyclic) bond motifs is 3. The number of halogens is 2. The molecule has 1 heterocycles. The molecule has 0 atom stereocenters. The van der Waals surface area contributed by atoms with Crippen molar-refractivity contribution in [1.82, 2.24) is 0 Å². The summed E-state index contributed by atoms with van der Waals surface area (Å²) in [4.78, 5) is 10.9. The topological polar surface area (TPSA) is 113 Å². The maximum absolute atomic E-state index is 11.3. The fraction of sp³-hybridized carbons (Fsp3) is 0.0952. The van der Waals surface area contributed by atoms with Gasteiger partial charge in [-0.05, 0) is 30.3 Å². The first-order valence-corrected chi connectivity index (χ1v) is 11.1. The Bertz CT molecular complexity index is 1440. The Morgan fingerprint density at radius 2 is 1.53 bits per heavy atom. The summed E-state index contributed by atoms with van der Waals surface area (Å²) in [5, 5.41) is 15.1. The first-order valence-electron chi connectivity index (χ1n) is 8.98. The van der Waals surface area contributed by atoms with E-state index in [0.29, 0.717) is 10.0 Å². The van der Waals surface area contributed by atoms with E-state index >= 15 is 0 Å². The molecular formula is C21H16Cl2N2O6S. The highest BCUT2D eigenvalue weighted by Gasteiger charge is 2.23. The van der Waals surface area contributed by atoms with Crippen LogP contribution in [0, 0.1) is 10.1 Å². The molecule has 1 aromatic heterocycles. The number of rotatable bonds is 3. The van der Waals surface area contributed by atoms with E-state index in [0.717, 1.165) is 40.0 Å². The number of hydrogen-bond acceptors (Lipinski definition) is 6. The van der Waals surface area contributed by atoms with Gasteiger partial charge in [-0.3, -0.25) is 14.3 Å². The Hall–Kier alpha value is -2.82. The number of non-ortho nitro benzene ring substituents is 1. The Kier molecular flexibility index (Phi) is 6.97. The third-order valence-electron chi connectivity index (χ3n) is 4.70. The summed E-state index contributed by atoms with van der Waals surface area (Å²) < 4.78 is 33.0. The van der Waals surface area contributed by atoms with Crippen molar-refractivity contribution >= 4 is 61.0 Å². The minimum absolute atomic E-state index is 0.0437. The molecule has 0 fully saturated rings. The Morgan fingerprint density at radius 3 is 2.09 bits per heavy atom. The second kappa shape index (κ2) is 9.35. The normalized spacial score (nSPS) is 11.3. The van der Waals surface area contributed by atoms with E-state index in [9.17, 15) is 23.1 Å². The minimum atomic E-state index is -4.41. The molecule has 32 heavy (non-hydrogen) atoms. The Morgan fingerprint density at radius 1 is 0.938 bits per heavy atom. The van der Waals surface area contributed by atoms with E-state index in [1.165, 1.54) is 6.07 Å². The van der Waals surface area contributed by atoms with Crippen molar-refractivity contribution in [3.63, 3.8) is 0 Å². The number of aryl methyl sites for hydroxylation is 1. The van der Waals surface area contributed by atoms with Crippen LogP contribution in [-0.4, -0.2) is 25.0 Å². The second-order valence-electron chi connectivity index (χ2n) is 6.64. The van der Waals surface area contributed by atoms with Gasteiger partial charge in [0.25, 0.3) is 5.69 Å². The zero-order valence-corrected chi connectivity index (χ0v) is 19.1. The van der Waals surface area contributed by atoms with Gasteiger partial charge in [-0.1, -0.05) is 35.3 Å². The fourth-order valence-corrected chi connectivity index (χ4v) is 3.94. The molecular weight excluding hydrogens is 479 g/mol. The van der Waals surface area contributed by atoms with Crippen molar-refractivity contribution in [2.45, 2.75) is 0 Å². The predicted octanol–water partition coefficient (Wildman–Crippen LogP) is 4.79. The van der Waals surface area contributed by atoms with Crippen LogP contribution in [0.1, 0.15) is 0 Å². The van der Waals surface area contributed by atoms with Gasteiger partial charge in [-0.25, -0.2) is 8.42 Å². The molecule has 0 amide bonds. The number of hydrogen-bond donors (Lipinski definition) is 0. The second-order valence-corrected chi connectivity index (χ2v) is 8.67. The van der Waals surface area contributed by atoms with Crippen molar-refractivity contribution in [2.75, 3.05) is 7.11 Å². The van der Waals surface area contributed by atoms with E-state index in [1.807, 2.05) is 48.0 Å². The van der Waals surface area contributed by atoms with Crippen molar-refractivity contribution in [2.24, 2.45) is 7.05 Å². The van der Waals surface area contributed by atoms with Gasteiger partial charge in [0, 0.05) is 39.2 Å². The smallest absolute Gasteiger partial charge is 0.270 e. The average molecular weight is 495 g/mol. The number of nitro benzene ring substituents is 1. The zero-order valence-electron chi connectivity index (χ0n) is 16.8. The molecule has 0 unspecified atom stereocenters. The minimum Gasteiger partial charge on any atom is -0.726 e. The molecule has 11 heteroatoms. The maximum Gasteiger partial charge on any atom is 0.270 e. The number of aromatic nitrogens is 1. The van der Waals surface area contributed by atoms with Crippen LogP contribution in [0.3, 0.4) is 0 Å². The molecule has 0 saturated heterocycles. The fourth-order valence-electron chi connectivity index (χ4n) is 3.41. The predicted molar refractivity (Wildman–Crippen MR) is 121 cm³/mol. The maximum atomic E-state index is 11.3.